The highest BCUT2D eigenvalue weighted by atomic mass is 19.1. The standard InChI is InChI=1S/C14H14FNO/c1-3-10-8-11(4-5-14(10)17-2)12-6-7-16-9-13(12)15/h4-9H,3H2,1-2H3. The van der Waals surface area contributed by atoms with Crippen molar-refractivity contribution in [1.82, 2.24) is 4.98 Å². The smallest absolute Gasteiger partial charge is 0.149 e. The summed E-state index contributed by atoms with van der Waals surface area (Å²) < 4.78 is 18.9. The molecular formula is C14H14FNO. The molecular weight excluding hydrogens is 217 g/mol. The Labute approximate surface area is 100 Å². The molecule has 0 aliphatic heterocycles. The SMILES string of the molecule is CCc1cc(-c2ccncc2F)ccc1OC. The minimum atomic E-state index is -0.306. The summed E-state index contributed by atoms with van der Waals surface area (Å²) >= 11 is 0. The highest BCUT2D eigenvalue weighted by Gasteiger charge is 2.07. The van der Waals surface area contributed by atoms with Crippen LogP contribution in [0.25, 0.3) is 11.1 Å². The molecule has 88 valence electrons. The lowest BCUT2D eigenvalue weighted by Crippen LogP contribution is -1.92. The van der Waals surface area contributed by atoms with Crippen molar-refractivity contribution in [3.05, 3.63) is 48.0 Å². The van der Waals surface area contributed by atoms with Crippen molar-refractivity contribution in [3.8, 4) is 16.9 Å². The average molecular weight is 231 g/mol. The van der Waals surface area contributed by atoms with E-state index in [0.29, 0.717) is 5.56 Å². The molecule has 3 heteroatoms. The van der Waals surface area contributed by atoms with E-state index in [1.165, 1.54) is 6.20 Å². The van der Waals surface area contributed by atoms with Crippen molar-refractivity contribution >= 4 is 0 Å². The molecule has 0 saturated carbocycles. The van der Waals surface area contributed by atoms with Crippen LogP contribution in [-0.4, -0.2) is 12.1 Å². The summed E-state index contributed by atoms with van der Waals surface area (Å²) in [6, 6.07) is 7.36. The molecule has 0 unspecified atom stereocenters. The van der Waals surface area contributed by atoms with Crippen molar-refractivity contribution < 1.29 is 9.13 Å². The zero-order chi connectivity index (χ0) is 12.3. The van der Waals surface area contributed by atoms with Gasteiger partial charge in [-0.3, -0.25) is 4.98 Å². The predicted molar refractivity (Wildman–Crippen MR) is 65.6 cm³/mol. The van der Waals surface area contributed by atoms with Gasteiger partial charge in [0, 0.05) is 11.8 Å². The minimum Gasteiger partial charge on any atom is -0.496 e. The Morgan fingerprint density at radius 1 is 1.29 bits per heavy atom. The van der Waals surface area contributed by atoms with Crippen LogP contribution in [0.4, 0.5) is 4.39 Å². The van der Waals surface area contributed by atoms with Crippen molar-refractivity contribution in [3.63, 3.8) is 0 Å². The maximum atomic E-state index is 13.6. The minimum absolute atomic E-state index is 0.306. The average Bonchev–Trinajstić information content (AvgIpc) is 2.38. The molecule has 0 radical (unpaired) electrons. The number of hydrogen-bond donors (Lipinski definition) is 0. The fourth-order valence-corrected chi connectivity index (χ4v) is 1.83. The molecule has 0 atom stereocenters. The Kier molecular flexibility index (Phi) is 3.38. The first-order valence-electron chi connectivity index (χ1n) is 5.53. The normalized spacial score (nSPS) is 10.3. The molecule has 0 aliphatic rings. The molecule has 2 rings (SSSR count). The highest BCUT2D eigenvalue weighted by molar-refractivity contribution is 5.65. The van der Waals surface area contributed by atoms with Gasteiger partial charge in [0.05, 0.1) is 13.3 Å². The number of benzene rings is 1. The van der Waals surface area contributed by atoms with Gasteiger partial charge in [-0.15, -0.1) is 0 Å². The fraction of sp³-hybridized carbons (Fsp3) is 0.214. The number of halogens is 1. The van der Waals surface area contributed by atoms with E-state index in [2.05, 4.69) is 4.98 Å². The number of rotatable bonds is 3. The van der Waals surface area contributed by atoms with Crippen LogP contribution in [0.1, 0.15) is 12.5 Å². The molecule has 1 aromatic carbocycles. The number of pyridine rings is 1. The maximum absolute atomic E-state index is 13.6. The van der Waals surface area contributed by atoms with E-state index in [1.807, 2.05) is 25.1 Å². The number of aryl methyl sites for hydroxylation is 1. The topological polar surface area (TPSA) is 22.1 Å². The van der Waals surface area contributed by atoms with Gasteiger partial charge in [-0.2, -0.15) is 0 Å². The summed E-state index contributed by atoms with van der Waals surface area (Å²) in [7, 11) is 1.64. The van der Waals surface area contributed by atoms with Crippen LogP contribution in [0.2, 0.25) is 0 Å². The van der Waals surface area contributed by atoms with Crippen LogP contribution >= 0.6 is 0 Å². The number of aromatic nitrogens is 1. The predicted octanol–water partition coefficient (Wildman–Crippen LogP) is 3.46. The largest absolute Gasteiger partial charge is 0.496 e. The molecule has 0 amide bonds. The lowest BCUT2D eigenvalue weighted by Gasteiger charge is -2.09. The molecule has 0 N–H and O–H groups in total. The molecule has 1 heterocycles. The first-order valence-corrected chi connectivity index (χ1v) is 5.53. The molecule has 2 aromatic rings. The third-order valence-corrected chi connectivity index (χ3v) is 2.74. The zero-order valence-corrected chi connectivity index (χ0v) is 9.90. The highest BCUT2D eigenvalue weighted by Crippen LogP contribution is 2.28. The fourth-order valence-electron chi connectivity index (χ4n) is 1.83. The van der Waals surface area contributed by atoms with Crippen LogP contribution in [0, 0.1) is 5.82 Å². The van der Waals surface area contributed by atoms with Gasteiger partial charge in [-0.1, -0.05) is 13.0 Å². The van der Waals surface area contributed by atoms with Gasteiger partial charge >= 0.3 is 0 Å². The van der Waals surface area contributed by atoms with Gasteiger partial charge < -0.3 is 4.74 Å². The second kappa shape index (κ2) is 4.95. The monoisotopic (exact) mass is 231 g/mol. The Morgan fingerprint density at radius 2 is 2.12 bits per heavy atom. The summed E-state index contributed by atoms with van der Waals surface area (Å²) in [5.41, 5.74) is 2.49. The van der Waals surface area contributed by atoms with E-state index < -0.39 is 0 Å². The van der Waals surface area contributed by atoms with Gasteiger partial charge in [-0.25, -0.2) is 4.39 Å². The molecule has 17 heavy (non-hydrogen) atoms. The Hall–Kier alpha value is -1.90. The van der Waals surface area contributed by atoms with Crippen LogP contribution in [0.15, 0.2) is 36.7 Å². The maximum Gasteiger partial charge on any atom is 0.149 e. The number of ether oxygens (including phenoxy) is 1. The van der Waals surface area contributed by atoms with Gasteiger partial charge in [0.2, 0.25) is 0 Å². The third-order valence-electron chi connectivity index (χ3n) is 2.74. The van der Waals surface area contributed by atoms with Gasteiger partial charge in [0.25, 0.3) is 0 Å². The summed E-state index contributed by atoms with van der Waals surface area (Å²) in [5, 5.41) is 0. The molecule has 0 bridgehead atoms. The van der Waals surface area contributed by atoms with E-state index in [0.717, 1.165) is 23.3 Å². The molecule has 0 fully saturated rings. The summed E-state index contributed by atoms with van der Waals surface area (Å²) in [6.07, 6.45) is 3.67. The van der Waals surface area contributed by atoms with Crippen molar-refractivity contribution in [2.45, 2.75) is 13.3 Å². The quantitative estimate of drug-likeness (QED) is 0.807. The number of nitrogens with zero attached hydrogens (tertiary/aromatic N) is 1. The van der Waals surface area contributed by atoms with Gasteiger partial charge in [-0.05, 0) is 35.7 Å². The molecule has 1 aromatic heterocycles. The Morgan fingerprint density at radius 3 is 2.76 bits per heavy atom. The summed E-state index contributed by atoms with van der Waals surface area (Å²) in [5.74, 6) is 0.533. The molecule has 0 saturated heterocycles. The van der Waals surface area contributed by atoms with E-state index in [9.17, 15) is 4.39 Å². The van der Waals surface area contributed by atoms with E-state index in [-0.39, 0.29) is 5.82 Å². The zero-order valence-electron chi connectivity index (χ0n) is 9.90. The van der Waals surface area contributed by atoms with E-state index in [4.69, 9.17) is 4.74 Å². The van der Waals surface area contributed by atoms with Crippen LogP contribution in [0.3, 0.4) is 0 Å². The molecule has 2 nitrogen and oxygen atoms in total. The first kappa shape index (κ1) is 11.6. The van der Waals surface area contributed by atoms with Gasteiger partial charge in [0.1, 0.15) is 11.6 Å². The molecule has 0 spiro atoms. The second-order valence-corrected chi connectivity index (χ2v) is 3.74. The summed E-state index contributed by atoms with van der Waals surface area (Å²) in [6.45, 7) is 2.05. The van der Waals surface area contributed by atoms with E-state index in [1.54, 1.807) is 19.4 Å². The lowest BCUT2D eigenvalue weighted by atomic mass is 10.0. The Balaban J connectivity index is 2.50. The van der Waals surface area contributed by atoms with Crippen LogP contribution < -0.4 is 4.74 Å². The Bertz CT molecular complexity index is 525. The molecule has 0 aliphatic carbocycles. The van der Waals surface area contributed by atoms with Crippen molar-refractivity contribution in [1.29, 1.82) is 0 Å². The first-order chi connectivity index (χ1) is 8.26. The number of hydrogen-bond acceptors (Lipinski definition) is 2. The van der Waals surface area contributed by atoms with Crippen LogP contribution in [-0.2, 0) is 6.42 Å². The number of methoxy groups -OCH3 is 1. The van der Waals surface area contributed by atoms with Crippen molar-refractivity contribution in [2.24, 2.45) is 0 Å². The van der Waals surface area contributed by atoms with Crippen LogP contribution in [0.5, 0.6) is 5.75 Å². The third kappa shape index (κ3) is 2.28. The second-order valence-electron chi connectivity index (χ2n) is 3.74. The summed E-state index contributed by atoms with van der Waals surface area (Å²) in [4.78, 5) is 3.75. The van der Waals surface area contributed by atoms with E-state index >= 15 is 0 Å². The van der Waals surface area contributed by atoms with Crippen molar-refractivity contribution in [2.75, 3.05) is 7.11 Å². The van der Waals surface area contributed by atoms with Gasteiger partial charge in [0.15, 0.2) is 0 Å². The lowest BCUT2D eigenvalue weighted by molar-refractivity contribution is 0.410.